The van der Waals surface area contributed by atoms with Crippen LogP contribution in [-0.2, 0) is 0 Å². The number of hydrogen-bond donors (Lipinski definition) is 0. The lowest BCUT2D eigenvalue weighted by Crippen LogP contribution is -2.03. The zero-order chi connectivity index (χ0) is 26.6. The van der Waals surface area contributed by atoms with Crippen LogP contribution in [0.5, 0.6) is 0 Å². The van der Waals surface area contributed by atoms with Gasteiger partial charge in [0.1, 0.15) is 5.69 Å². The summed E-state index contributed by atoms with van der Waals surface area (Å²) in [5.41, 5.74) is 9.54. The van der Waals surface area contributed by atoms with Gasteiger partial charge in [-0.25, -0.2) is 9.97 Å². The van der Waals surface area contributed by atoms with Crippen molar-refractivity contribution in [2.24, 2.45) is 0 Å². The van der Waals surface area contributed by atoms with Crippen LogP contribution < -0.4 is 0 Å². The van der Waals surface area contributed by atoms with Crippen molar-refractivity contribution < 1.29 is 0 Å². The molecule has 0 unspecified atom stereocenters. The molecule has 0 fully saturated rings. The first-order chi connectivity index (χ1) is 19.7. The van der Waals surface area contributed by atoms with E-state index in [0.29, 0.717) is 0 Å². The Morgan fingerprint density at radius 2 is 1.15 bits per heavy atom. The molecular weight excluding hydrogens is 486 g/mol. The van der Waals surface area contributed by atoms with Gasteiger partial charge < -0.3 is 0 Å². The monoisotopic (exact) mass is 511 g/mol. The SMILES string of the molecule is Cc1ccc2c(c1)c1c3ccccc3ccc1n2-c1nc2ccccc2nc1-c1ccc(-c2ccccc2)cc1. The molecule has 0 aliphatic heterocycles. The van der Waals surface area contributed by atoms with Crippen LogP contribution in [0.3, 0.4) is 0 Å². The summed E-state index contributed by atoms with van der Waals surface area (Å²) in [6.45, 7) is 2.16. The first-order valence-corrected chi connectivity index (χ1v) is 13.6. The fourth-order valence-corrected chi connectivity index (χ4v) is 5.92. The number of nitrogens with zero attached hydrogens (tertiary/aromatic N) is 3. The molecule has 8 aromatic rings. The van der Waals surface area contributed by atoms with Crippen LogP contribution in [0.15, 0.2) is 133 Å². The van der Waals surface area contributed by atoms with Crippen LogP contribution in [0.2, 0.25) is 0 Å². The molecule has 0 spiro atoms. The van der Waals surface area contributed by atoms with Crippen LogP contribution in [0.1, 0.15) is 5.56 Å². The Morgan fingerprint density at radius 1 is 0.500 bits per heavy atom. The second-order valence-electron chi connectivity index (χ2n) is 10.4. The van der Waals surface area contributed by atoms with E-state index in [1.54, 1.807) is 0 Å². The molecule has 0 aliphatic rings. The van der Waals surface area contributed by atoms with Crippen molar-refractivity contribution in [3.8, 4) is 28.2 Å². The number of aryl methyl sites for hydroxylation is 1. The number of rotatable bonds is 3. The summed E-state index contributed by atoms with van der Waals surface area (Å²) in [4.78, 5) is 10.5. The summed E-state index contributed by atoms with van der Waals surface area (Å²) in [5.74, 6) is 0.838. The zero-order valence-electron chi connectivity index (χ0n) is 22.0. The Hall–Kier alpha value is -5.28. The molecule has 0 amide bonds. The number of fused-ring (bicyclic) bond motifs is 6. The molecule has 0 atom stereocenters. The maximum absolute atomic E-state index is 5.28. The van der Waals surface area contributed by atoms with Crippen LogP contribution in [0.25, 0.3) is 71.8 Å². The van der Waals surface area contributed by atoms with E-state index in [4.69, 9.17) is 9.97 Å². The maximum atomic E-state index is 5.28. The second-order valence-corrected chi connectivity index (χ2v) is 10.4. The highest BCUT2D eigenvalue weighted by Gasteiger charge is 2.20. The van der Waals surface area contributed by atoms with E-state index >= 15 is 0 Å². The number of hydrogen-bond acceptors (Lipinski definition) is 2. The Balaban J connectivity index is 1.45. The molecular formula is C37H25N3. The summed E-state index contributed by atoms with van der Waals surface area (Å²) in [7, 11) is 0. The van der Waals surface area contributed by atoms with Crippen LogP contribution in [0.4, 0.5) is 0 Å². The number of benzene rings is 6. The normalized spacial score (nSPS) is 11.6. The van der Waals surface area contributed by atoms with E-state index in [-0.39, 0.29) is 0 Å². The number of para-hydroxylation sites is 2. The van der Waals surface area contributed by atoms with Gasteiger partial charge in [0.2, 0.25) is 0 Å². The Morgan fingerprint density at radius 3 is 1.98 bits per heavy atom. The van der Waals surface area contributed by atoms with E-state index < -0.39 is 0 Å². The van der Waals surface area contributed by atoms with Crippen LogP contribution in [-0.4, -0.2) is 14.5 Å². The Bertz CT molecular complexity index is 2210. The van der Waals surface area contributed by atoms with Gasteiger partial charge in [-0.1, -0.05) is 109 Å². The average Bonchev–Trinajstić information content (AvgIpc) is 3.34. The van der Waals surface area contributed by atoms with Crippen molar-refractivity contribution in [3.05, 3.63) is 139 Å². The number of aromatic nitrogens is 3. The molecule has 3 heteroatoms. The third-order valence-corrected chi connectivity index (χ3v) is 7.84. The van der Waals surface area contributed by atoms with Gasteiger partial charge in [-0.2, -0.15) is 0 Å². The van der Waals surface area contributed by atoms with Gasteiger partial charge in [0.05, 0.1) is 22.1 Å². The lowest BCUT2D eigenvalue weighted by atomic mass is 10.0. The first kappa shape index (κ1) is 22.7. The molecule has 0 bridgehead atoms. The van der Waals surface area contributed by atoms with Gasteiger partial charge in [-0.3, -0.25) is 4.57 Å². The minimum absolute atomic E-state index is 0.838. The predicted molar refractivity (Wildman–Crippen MR) is 167 cm³/mol. The minimum atomic E-state index is 0.838. The van der Waals surface area contributed by atoms with E-state index in [9.17, 15) is 0 Å². The third-order valence-electron chi connectivity index (χ3n) is 7.84. The van der Waals surface area contributed by atoms with Gasteiger partial charge in [0, 0.05) is 16.3 Å². The molecule has 0 saturated carbocycles. The fourth-order valence-electron chi connectivity index (χ4n) is 5.92. The van der Waals surface area contributed by atoms with Gasteiger partial charge in [0.25, 0.3) is 0 Å². The van der Waals surface area contributed by atoms with Gasteiger partial charge in [0.15, 0.2) is 5.82 Å². The summed E-state index contributed by atoms with van der Waals surface area (Å²) in [6.07, 6.45) is 0. The molecule has 0 N–H and O–H groups in total. The topological polar surface area (TPSA) is 30.7 Å². The van der Waals surface area contributed by atoms with Crippen molar-refractivity contribution in [2.45, 2.75) is 6.92 Å². The fraction of sp³-hybridized carbons (Fsp3) is 0.0270. The smallest absolute Gasteiger partial charge is 0.165 e. The van der Waals surface area contributed by atoms with Crippen molar-refractivity contribution in [2.75, 3.05) is 0 Å². The van der Waals surface area contributed by atoms with Crippen molar-refractivity contribution in [3.63, 3.8) is 0 Å². The molecule has 2 heterocycles. The van der Waals surface area contributed by atoms with Crippen molar-refractivity contribution in [1.82, 2.24) is 14.5 Å². The van der Waals surface area contributed by atoms with Crippen molar-refractivity contribution >= 4 is 43.6 Å². The van der Waals surface area contributed by atoms with E-state index in [0.717, 1.165) is 39.1 Å². The summed E-state index contributed by atoms with van der Waals surface area (Å²) in [6, 6.07) is 47.0. The molecule has 2 aromatic heterocycles. The lowest BCUT2D eigenvalue weighted by molar-refractivity contribution is 1.08. The maximum Gasteiger partial charge on any atom is 0.165 e. The zero-order valence-corrected chi connectivity index (χ0v) is 22.0. The molecule has 0 radical (unpaired) electrons. The highest BCUT2D eigenvalue weighted by Crippen LogP contribution is 2.39. The molecule has 188 valence electrons. The Labute approximate surface area is 232 Å². The van der Waals surface area contributed by atoms with E-state index in [2.05, 4.69) is 115 Å². The lowest BCUT2D eigenvalue weighted by Gasteiger charge is -2.14. The molecule has 0 aliphatic carbocycles. The molecule has 3 nitrogen and oxygen atoms in total. The molecule has 40 heavy (non-hydrogen) atoms. The van der Waals surface area contributed by atoms with Crippen LogP contribution in [0, 0.1) is 6.92 Å². The average molecular weight is 512 g/mol. The standard InChI is InChI=1S/C37H25N3/c1-24-15-21-33-30(23-24)35-29-12-6-5-11-27(29)20-22-34(35)40(33)37-36(38-31-13-7-8-14-32(31)39-37)28-18-16-26(17-19-28)25-9-3-2-4-10-25/h2-23H,1H3. The third kappa shape index (κ3) is 3.52. The molecule has 8 rings (SSSR count). The summed E-state index contributed by atoms with van der Waals surface area (Å²) in [5, 5.41) is 4.96. The van der Waals surface area contributed by atoms with Gasteiger partial charge >= 0.3 is 0 Å². The van der Waals surface area contributed by atoms with E-state index in [1.165, 1.54) is 38.2 Å². The van der Waals surface area contributed by atoms with Gasteiger partial charge in [-0.05, 0) is 59.2 Å². The summed E-state index contributed by atoms with van der Waals surface area (Å²) >= 11 is 0. The highest BCUT2D eigenvalue weighted by atomic mass is 15.1. The summed E-state index contributed by atoms with van der Waals surface area (Å²) < 4.78 is 2.30. The first-order valence-electron chi connectivity index (χ1n) is 13.6. The molecule has 0 saturated heterocycles. The largest absolute Gasteiger partial charge is 0.292 e. The molecule has 6 aromatic carbocycles. The quantitative estimate of drug-likeness (QED) is 0.236. The predicted octanol–water partition coefficient (Wildman–Crippen LogP) is 9.52. The Kier molecular flexibility index (Phi) is 5.04. The van der Waals surface area contributed by atoms with Gasteiger partial charge in [-0.15, -0.1) is 0 Å². The van der Waals surface area contributed by atoms with E-state index in [1.807, 2.05) is 30.3 Å². The second kappa shape index (κ2) is 8.89. The highest BCUT2D eigenvalue weighted by molar-refractivity contribution is 6.21. The van der Waals surface area contributed by atoms with Crippen LogP contribution >= 0.6 is 0 Å². The van der Waals surface area contributed by atoms with Crippen molar-refractivity contribution in [1.29, 1.82) is 0 Å². The minimum Gasteiger partial charge on any atom is -0.292 e.